The normalized spacial score (nSPS) is 15.6. The second-order valence-electron chi connectivity index (χ2n) is 4.65. The summed E-state index contributed by atoms with van der Waals surface area (Å²) in [7, 11) is 0. The highest BCUT2D eigenvalue weighted by atomic mass is 79.9. The Morgan fingerprint density at radius 2 is 2.17 bits per heavy atom. The number of nitrogens with zero attached hydrogens (tertiary/aromatic N) is 1. The molecule has 0 unspecified atom stereocenters. The molecule has 3 rings (SSSR count). The molecule has 0 spiro atoms. The summed E-state index contributed by atoms with van der Waals surface area (Å²) in [6.45, 7) is 2.82. The van der Waals surface area contributed by atoms with Gasteiger partial charge in [0.1, 0.15) is 5.76 Å². The lowest BCUT2D eigenvalue weighted by Crippen LogP contribution is -2.30. The van der Waals surface area contributed by atoms with Crippen molar-refractivity contribution in [3.8, 4) is 0 Å². The van der Waals surface area contributed by atoms with Crippen molar-refractivity contribution in [2.45, 2.75) is 19.5 Å². The Bertz CT molecular complexity index is 565. The van der Waals surface area contributed by atoms with Crippen LogP contribution in [0.1, 0.15) is 16.9 Å². The number of nitrogens with two attached hydrogens (primary N) is 1. The third-order valence-corrected chi connectivity index (χ3v) is 3.82. The van der Waals surface area contributed by atoms with Gasteiger partial charge >= 0.3 is 0 Å². The Hall–Kier alpha value is -1.26. The molecule has 0 aliphatic carbocycles. The minimum atomic E-state index is 0.791. The number of anilines is 1. The van der Waals surface area contributed by atoms with Crippen LogP contribution in [0.2, 0.25) is 0 Å². The molecule has 4 heteroatoms. The van der Waals surface area contributed by atoms with Crippen LogP contribution in [0.25, 0.3) is 0 Å². The summed E-state index contributed by atoms with van der Waals surface area (Å²) >= 11 is 3.33. The Balaban J connectivity index is 1.75. The SMILES string of the molecule is Nc1cccc2c1CCN(Cc1ccc(Br)o1)C2. The largest absolute Gasteiger partial charge is 0.453 e. The second kappa shape index (κ2) is 4.78. The number of hydrogen-bond donors (Lipinski definition) is 1. The van der Waals surface area contributed by atoms with E-state index in [1.165, 1.54) is 11.1 Å². The highest BCUT2D eigenvalue weighted by Crippen LogP contribution is 2.25. The van der Waals surface area contributed by atoms with Gasteiger partial charge in [0.2, 0.25) is 0 Å². The van der Waals surface area contributed by atoms with Gasteiger partial charge in [-0.2, -0.15) is 0 Å². The smallest absolute Gasteiger partial charge is 0.169 e. The number of furan rings is 1. The molecule has 0 saturated heterocycles. The standard InChI is InChI=1S/C14H15BrN2O/c15-14-5-4-11(18-14)9-17-7-6-12-10(8-17)2-1-3-13(12)16/h1-5H,6-9,16H2. The van der Waals surface area contributed by atoms with Crippen molar-refractivity contribution >= 4 is 21.6 Å². The Labute approximate surface area is 115 Å². The number of rotatable bonds is 2. The molecule has 1 aliphatic heterocycles. The third kappa shape index (κ3) is 2.31. The predicted octanol–water partition coefficient (Wildman–Crippen LogP) is 3.18. The maximum atomic E-state index is 6.00. The van der Waals surface area contributed by atoms with Crippen LogP contribution in [0, 0.1) is 0 Å². The van der Waals surface area contributed by atoms with Crippen molar-refractivity contribution < 1.29 is 4.42 Å². The average molecular weight is 307 g/mol. The molecule has 0 fully saturated rings. The zero-order chi connectivity index (χ0) is 12.5. The van der Waals surface area contributed by atoms with E-state index in [1.807, 2.05) is 24.3 Å². The Kier molecular flexibility index (Phi) is 3.14. The average Bonchev–Trinajstić information content (AvgIpc) is 2.75. The van der Waals surface area contributed by atoms with Crippen molar-refractivity contribution in [2.75, 3.05) is 12.3 Å². The van der Waals surface area contributed by atoms with Gasteiger partial charge in [0, 0.05) is 18.8 Å². The number of benzene rings is 1. The molecular formula is C14H15BrN2O. The van der Waals surface area contributed by atoms with Gasteiger partial charge in [0.05, 0.1) is 6.54 Å². The minimum absolute atomic E-state index is 0.791. The number of halogens is 1. The molecule has 0 radical (unpaired) electrons. The Morgan fingerprint density at radius 3 is 2.94 bits per heavy atom. The van der Waals surface area contributed by atoms with Gasteiger partial charge in [-0.1, -0.05) is 12.1 Å². The van der Waals surface area contributed by atoms with E-state index in [1.54, 1.807) is 0 Å². The van der Waals surface area contributed by atoms with Crippen molar-refractivity contribution in [3.05, 3.63) is 51.9 Å². The molecule has 18 heavy (non-hydrogen) atoms. The summed E-state index contributed by atoms with van der Waals surface area (Å²) < 4.78 is 6.34. The molecule has 1 aromatic carbocycles. The molecule has 2 heterocycles. The van der Waals surface area contributed by atoms with Crippen LogP contribution in [0.3, 0.4) is 0 Å². The molecular weight excluding hydrogens is 292 g/mol. The Morgan fingerprint density at radius 1 is 1.28 bits per heavy atom. The number of fused-ring (bicyclic) bond motifs is 1. The lowest BCUT2D eigenvalue weighted by atomic mass is 9.98. The van der Waals surface area contributed by atoms with Gasteiger partial charge < -0.3 is 10.2 Å². The molecule has 0 atom stereocenters. The molecule has 2 N–H and O–H groups in total. The van der Waals surface area contributed by atoms with Gasteiger partial charge in [0.25, 0.3) is 0 Å². The van der Waals surface area contributed by atoms with Crippen LogP contribution in [-0.2, 0) is 19.5 Å². The molecule has 1 aromatic heterocycles. The van der Waals surface area contributed by atoms with Crippen LogP contribution in [-0.4, -0.2) is 11.4 Å². The van der Waals surface area contributed by atoms with Crippen molar-refractivity contribution in [1.82, 2.24) is 4.90 Å². The van der Waals surface area contributed by atoms with E-state index in [-0.39, 0.29) is 0 Å². The fraction of sp³-hybridized carbons (Fsp3) is 0.286. The van der Waals surface area contributed by atoms with Crippen LogP contribution in [0.15, 0.2) is 39.4 Å². The lowest BCUT2D eigenvalue weighted by molar-refractivity contribution is 0.224. The molecule has 94 valence electrons. The van der Waals surface area contributed by atoms with Gasteiger partial charge in [0.15, 0.2) is 4.67 Å². The molecule has 1 aliphatic rings. The van der Waals surface area contributed by atoms with Crippen LogP contribution in [0.5, 0.6) is 0 Å². The highest BCUT2D eigenvalue weighted by molar-refractivity contribution is 9.10. The lowest BCUT2D eigenvalue weighted by Gasteiger charge is -2.28. The van der Waals surface area contributed by atoms with Gasteiger partial charge in [-0.15, -0.1) is 0 Å². The monoisotopic (exact) mass is 306 g/mol. The first-order valence-corrected chi connectivity index (χ1v) is 6.84. The zero-order valence-corrected chi connectivity index (χ0v) is 11.6. The first-order chi connectivity index (χ1) is 8.72. The number of nitrogen functional groups attached to an aromatic ring is 1. The topological polar surface area (TPSA) is 42.4 Å². The van der Waals surface area contributed by atoms with Crippen LogP contribution >= 0.6 is 15.9 Å². The quantitative estimate of drug-likeness (QED) is 0.867. The maximum Gasteiger partial charge on any atom is 0.169 e. The first kappa shape index (κ1) is 11.8. The predicted molar refractivity (Wildman–Crippen MR) is 75.1 cm³/mol. The fourth-order valence-corrected chi connectivity index (χ4v) is 2.83. The van der Waals surface area contributed by atoms with E-state index in [0.717, 1.165) is 42.2 Å². The molecule has 0 saturated carbocycles. The second-order valence-corrected chi connectivity index (χ2v) is 5.43. The minimum Gasteiger partial charge on any atom is -0.453 e. The third-order valence-electron chi connectivity index (χ3n) is 3.39. The van der Waals surface area contributed by atoms with Crippen molar-refractivity contribution in [1.29, 1.82) is 0 Å². The van der Waals surface area contributed by atoms with E-state index in [2.05, 4.69) is 26.9 Å². The first-order valence-electron chi connectivity index (χ1n) is 6.05. The summed E-state index contributed by atoms with van der Waals surface area (Å²) in [6, 6.07) is 10.1. The van der Waals surface area contributed by atoms with E-state index in [0.29, 0.717) is 0 Å². The van der Waals surface area contributed by atoms with Gasteiger partial charge in [-0.3, -0.25) is 4.90 Å². The van der Waals surface area contributed by atoms with E-state index in [9.17, 15) is 0 Å². The zero-order valence-electron chi connectivity index (χ0n) is 10.0. The fourth-order valence-electron chi connectivity index (χ4n) is 2.49. The van der Waals surface area contributed by atoms with Crippen LogP contribution in [0.4, 0.5) is 5.69 Å². The van der Waals surface area contributed by atoms with Crippen molar-refractivity contribution in [3.63, 3.8) is 0 Å². The van der Waals surface area contributed by atoms with E-state index < -0.39 is 0 Å². The van der Waals surface area contributed by atoms with Crippen molar-refractivity contribution in [2.24, 2.45) is 0 Å². The molecule has 0 amide bonds. The van der Waals surface area contributed by atoms with E-state index in [4.69, 9.17) is 10.2 Å². The highest BCUT2D eigenvalue weighted by Gasteiger charge is 2.18. The summed E-state index contributed by atoms with van der Waals surface area (Å²) in [5.74, 6) is 0.995. The summed E-state index contributed by atoms with van der Waals surface area (Å²) in [6.07, 6.45) is 1.02. The van der Waals surface area contributed by atoms with E-state index >= 15 is 0 Å². The summed E-state index contributed by atoms with van der Waals surface area (Å²) in [5, 5.41) is 0. The summed E-state index contributed by atoms with van der Waals surface area (Å²) in [4.78, 5) is 2.38. The molecule has 0 bridgehead atoms. The maximum absolute atomic E-state index is 6.00. The summed E-state index contributed by atoms with van der Waals surface area (Å²) in [5.41, 5.74) is 9.58. The van der Waals surface area contributed by atoms with Crippen LogP contribution < -0.4 is 5.73 Å². The molecule has 2 aromatic rings. The van der Waals surface area contributed by atoms with Gasteiger partial charge in [-0.05, 0) is 51.7 Å². The van der Waals surface area contributed by atoms with Gasteiger partial charge in [-0.25, -0.2) is 0 Å². The molecule has 3 nitrogen and oxygen atoms in total. The number of hydrogen-bond acceptors (Lipinski definition) is 3.